The van der Waals surface area contributed by atoms with Crippen LogP contribution >= 0.6 is 0 Å². The van der Waals surface area contributed by atoms with Crippen molar-refractivity contribution in [1.29, 1.82) is 0 Å². The van der Waals surface area contributed by atoms with Gasteiger partial charge in [-0.3, -0.25) is 9.89 Å². The number of hydrogen-bond acceptors (Lipinski definition) is 2. The highest BCUT2D eigenvalue weighted by molar-refractivity contribution is 5.98. The van der Waals surface area contributed by atoms with Crippen molar-refractivity contribution in [2.45, 2.75) is 13.0 Å². The maximum atomic E-state index is 13.2. The number of rotatable bonds is 1. The van der Waals surface area contributed by atoms with E-state index in [-0.39, 0.29) is 11.7 Å². The summed E-state index contributed by atoms with van der Waals surface area (Å²) in [6.45, 7) is 1.20. The number of hydrogen-bond donors (Lipinski definition) is 2. The van der Waals surface area contributed by atoms with Gasteiger partial charge in [0.25, 0.3) is 5.91 Å². The maximum absolute atomic E-state index is 13.2. The molecule has 6 heteroatoms. The topological polar surface area (TPSA) is 64.8 Å². The number of amides is 1. The average Bonchev–Trinajstić information content (AvgIpc) is 3.11. The van der Waals surface area contributed by atoms with Crippen LogP contribution in [0.5, 0.6) is 0 Å². The quantitative estimate of drug-likeness (QED) is 0.719. The molecule has 4 rings (SSSR count). The second-order valence-corrected chi connectivity index (χ2v) is 5.27. The van der Waals surface area contributed by atoms with E-state index < -0.39 is 0 Å². The van der Waals surface area contributed by atoms with Gasteiger partial charge in [-0.05, 0) is 24.3 Å². The fraction of sp³-hybridized carbons (Fsp3) is 0.200. The van der Waals surface area contributed by atoms with E-state index >= 15 is 0 Å². The third kappa shape index (κ3) is 1.99. The molecule has 0 spiro atoms. The summed E-state index contributed by atoms with van der Waals surface area (Å²) in [6, 6.07) is 6.15. The van der Waals surface area contributed by atoms with Gasteiger partial charge in [-0.25, -0.2) is 4.39 Å². The smallest absolute Gasteiger partial charge is 0.270 e. The summed E-state index contributed by atoms with van der Waals surface area (Å²) < 4.78 is 13.2. The van der Waals surface area contributed by atoms with E-state index in [0.717, 1.165) is 23.2 Å². The summed E-state index contributed by atoms with van der Waals surface area (Å²) in [7, 11) is 0. The molecule has 1 aliphatic rings. The molecule has 5 nitrogen and oxygen atoms in total. The van der Waals surface area contributed by atoms with Crippen molar-refractivity contribution in [2.24, 2.45) is 0 Å². The number of benzene rings is 1. The van der Waals surface area contributed by atoms with Crippen molar-refractivity contribution in [3.05, 3.63) is 53.2 Å². The van der Waals surface area contributed by atoms with E-state index in [4.69, 9.17) is 0 Å². The summed E-state index contributed by atoms with van der Waals surface area (Å²) in [4.78, 5) is 17.4. The van der Waals surface area contributed by atoms with E-state index in [1.807, 2.05) is 0 Å². The Labute approximate surface area is 119 Å². The van der Waals surface area contributed by atoms with E-state index in [2.05, 4.69) is 15.2 Å². The second kappa shape index (κ2) is 4.44. The zero-order valence-electron chi connectivity index (χ0n) is 11.2. The zero-order chi connectivity index (χ0) is 14.4. The predicted molar refractivity (Wildman–Crippen MR) is 75.3 cm³/mol. The number of carbonyl (C=O) groups is 1. The molecule has 0 atom stereocenters. The van der Waals surface area contributed by atoms with Gasteiger partial charge in [-0.15, -0.1) is 0 Å². The summed E-state index contributed by atoms with van der Waals surface area (Å²) in [5.74, 6) is -0.375. The zero-order valence-corrected chi connectivity index (χ0v) is 11.2. The normalized spacial score (nSPS) is 14.4. The average molecular weight is 284 g/mol. The van der Waals surface area contributed by atoms with E-state index in [1.165, 1.54) is 12.1 Å². The SMILES string of the molecule is O=C(c1cc2cc(F)ccc2[nH]1)N1CCc2[nH]ncc2C1. The number of nitrogens with one attached hydrogen (secondary N) is 2. The minimum absolute atomic E-state index is 0.0709. The van der Waals surface area contributed by atoms with Gasteiger partial charge in [-0.2, -0.15) is 5.10 Å². The Bertz CT molecular complexity index is 835. The van der Waals surface area contributed by atoms with Gasteiger partial charge in [0.1, 0.15) is 11.5 Å². The van der Waals surface area contributed by atoms with Gasteiger partial charge in [0.15, 0.2) is 0 Å². The van der Waals surface area contributed by atoms with Gasteiger partial charge < -0.3 is 9.88 Å². The highest BCUT2D eigenvalue weighted by Crippen LogP contribution is 2.21. The maximum Gasteiger partial charge on any atom is 0.270 e. The first-order valence-corrected chi connectivity index (χ1v) is 6.79. The lowest BCUT2D eigenvalue weighted by molar-refractivity contribution is 0.0729. The van der Waals surface area contributed by atoms with E-state index in [0.29, 0.717) is 24.2 Å². The summed E-state index contributed by atoms with van der Waals surface area (Å²) in [5.41, 5.74) is 3.40. The largest absolute Gasteiger partial charge is 0.351 e. The van der Waals surface area contributed by atoms with Crippen molar-refractivity contribution >= 4 is 16.8 Å². The number of nitrogens with zero attached hydrogens (tertiary/aromatic N) is 2. The fourth-order valence-electron chi connectivity index (χ4n) is 2.78. The molecule has 2 N–H and O–H groups in total. The van der Waals surface area contributed by atoms with Gasteiger partial charge in [0.05, 0.1) is 6.20 Å². The van der Waals surface area contributed by atoms with Crippen LogP contribution in [-0.4, -0.2) is 32.5 Å². The van der Waals surface area contributed by atoms with Crippen molar-refractivity contribution in [3.8, 4) is 0 Å². The minimum atomic E-state index is -0.304. The molecule has 0 saturated heterocycles. The summed E-state index contributed by atoms with van der Waals surface area (Å²) >= 11 is 0. The monoisotopic (exact) mass is 284 g/mol. The van der Waals surface area contributed by atoms with Crippen molar-refractivity contribution < 1.29 is 9.18 Å². The molecule has 1 aliphatic heterocycles. The molecule has 0 fully saturated rings. The van der Waals surface area contributed by atoms with Gasteiger partial charge in [0.2, 0.25) is 0 Å². The minimum Gasteiger partial charge on any atom is -0.351 e. The van der Waals surface area contributed by atoms with Gasteiger partial charge in [-0.1, -0.05) is 0 Å². The molecule has 2 aromatic heterocycles. The molecule has 21 heavy (non-hydrogen) atoms. The number of halogens is 1. The molecule has 1 amide bonds. The Kier molecular flexibility index (Phi) is 2.57. The van der Waals surface area contributed by atoms with Crippen LogP contribution in [0.25, 0.3) is 10.9 Å². The van der Waals surface area contributed by atoms with E-state index in [9.17, 15) is 9.18 Å². The first-order valence-electron chi connectivity index (χ1n) is 6.79. The molecule has 0 aliphatic carbocycles. The lowest BCUT2D eigenvalue weighted by atomic mass is 10.1. The Morgan fingerprint density at radius 2 is 2.24 bits per heavy atom. The predicted octanol–water partition coefficient (Wildman–Crippen LogP) is 2.23. The van der Waals surface area contributed by atoms with Crippen molar-refractivity contribution in [1.82, 2.24) is 20.1 Å². The summed E-state index contributed by atoms with van der Waals surface area (Å²) in [6.07, 6.45) is 2.53. The van der Waals surface area contributed by atoms with Gasteiger partial charge >= 0.3 is 0 Å². The Morgan fingerprint density at radius 3 is 3.14 bits per heavy atom. The molecular formula is C15H13FN4O. The lowest BCUT2D eigenvalue weighted by Gasteiger charge is -2.26. The number of H-pyrrole nitrogens is 2. The number of carbonyl (C=O) groups excluding carboxylic acids is 1. The first kappa shape index (κ1) is 12.1. The molecule has 3 aromatic rings. The second-order valence-electron chi connectivity index (χ2n) is 5.27. The van der Waals surface area contributed by atoms with Crippen molar-refractivity contribution in [2.75, 3.05) is 6.54 Å². The van der Waals surface area contributed by atoms with E-state index in [1.54, 1.807) is 23.2 Å². The van der Waals surface area contributed by atoms with Crippen LogP contribution in [0.15, 0.2) is 30.5 Å². The molecule has 0 saturated carbocycles. The Balaban J connectivity index is 1.64. The van der Waals surface area contributed by atoms with Crippen LogP contribution in [0, 0.1) is 5.82 Å². The van der Waals surface area contributed by atoms with Crippen LogP contribution in [-0.2, 0) is 13.0 Å². The third-order valence-electron chi connectivity index (χ3n) is 3.90. The molecule has 0 unspecified atom stereocenters. The first-order chi connectivity index (χ1) is 10.2. The highest BCUT2D eigenvalue weighted by atomic mass is 19.1. The van der Waals surface area contributed by atoms with Gasteiger partial charge in [0, 0.05) is 41.7 Å². The van der Waals surface area contributed by atoms with Crippen LogP contribution in [0.2, 0.25) is 0 Å². The molecule has 0 radical (unpaired) electrons. The number of aromatic nitrogens is 3. The highest BCUT2D eigenvalue weighted by Gasteiger charge is 2.24. The summed E-state index contributed by atoms with van der Waals surface area (Å²) in [5, 5.41) is 7.66. The molecular weight excluding hydrogens is 271 g/mol. The van der Waals surface area contributed by atoms with Crippen molar-refractivity contribution in [3.63, 3.8) is 0 Å². The van der Waals surface area contributed by atoms with Crippen LogP contribution in [0.1, 0.15) is 21.7 Å². The lowest BCUT2D eigenvalue weighted by Crippen LogP contribution is -2.35. The van der Waals surface area contributed by atoms with Crippen LogP contribution in [0.3, 0.4) is 0 Å². The molecule has 0 bridgehead atoms. The molecule has 1 aromatic carbocycles. The number of aromatic amines is 2. The standard InChI is InChI=1S/C15H13FN4O/c16-11-1-2-12-9(5-11)6-14(18-12)15(21)20-4-3-13-10(8-20)7-17-19-13/h1-2,5-7,18H,3-4,8H2,(H,17,19). The fourth-order valence-corrected chi connectivity index (χ4v) is 2.78. The van der Waals surface area contributed by atoms with Crippen LogP contribution in [0.4, 0.5) is 4.39 Å². The number of fused-ring (bicyclic) bond motifs is 2. The third-order valence-corrected chi connectivity index (χ3v) is 3.90. The molecule has 106 valence electrons. The van der Waals surface area contributed by atoms with Crippen LogP contribution < -0.4 is 0 Å². The Hall–Kier alpha value is -2.63. The Morgan fingerprint density at radius 1 is 1.33 bits per heavy atom. The molecule has 3 heterocycles.